The minimum Gasteiger partial charge on any atom is -0.477 e. The van der Waals surface area contributed by atoms with E-state index in [-0.39, 0.29) is 16.7 Å². The van der Waals surface area contributed by atoms with E-state index < -0.39 is 12.0 Å². The quantitative estimate of drug-likeness (QED) is 0.684. The first kappa shape index (κ1) is 12.7. The lowest BCUT2D eigenvalue weighted by molar-refractivity contribution is -0.134. The van der Waals surface area contributed by atoms with Gasteiger partial charge in [-0.1, -0.05) is 0 Å². The fourth-order valence-corrected chi connectivity index (χ4v) is 2.54. The molecule has 1 aliphatic heterocycles. The topological polar surface area (TPSA) is 95.5 Å². The van der Waals surface area contributed by atoms with Crippen LogP contribution in [0, 0.1) is 0 Å². The van der Waals surface area contributed by atoms with E-state index in [1.165, 1.54) is 0 Å². The Bertz CT molecular complexity index is 497. The zero-order valence-electron chi connectivity index (χ0n) is 9.43. The second kappa shape index (κ2) is 5.28. The van der Waals surface area contributed by atoms with E-state index >= 15 is 0 Å². The number of piperidine rings is 1. The van der Waals surface area contributed by atoms with Gasteiger partial charge in [0.1, 0.15) is 4.88 Å². The van der Waals surface area contributed by atoms with Gasteiger partial charge < -0.3 is 10.4 Å². The average molecular weight is 268 g/mol. The molecule has 18 heavy (non-hydrogen) atoms. The Hall–Kier alpha value is -1.73. The Labute approximate surface area is 107 Å². The van der Waals surface area contributed by atoms with E-state index in [1.807, 2.05) is 0 Å². The largest absolute Gasteiger partial charge is 0.477 e. The van der Waals surface area contributed by atoms with Crippen LogP contribution in [0.3, 0.4) is 0 Å². The summed E-state index contributed by atoms with van der Waals surface area (Å²) in [5.74, 6) is -1.58. The summed E-state index contributed by atoms with van der Waals surface area (Å²) in [5.41, 5.74) is 0.650. The Kier molecular flexibility index (Phi) is 3.73. The lowest BCUT2D eigenvalue weighted by Gasteiger charge is -2.21. The Morgan fingerprint density at radius 2 is 2.33 bits per heavy atom. The number of carboxylic acid groups (broad SMARTS) is 1. The first-order chi connectivity index (χ1) is 8.58. The number of rotatable bonds is 4. The number of amides is 2. The third-order valence-electron chi connectivity index (χ3n) is 2.72. The fraction of sp³-hybridized carbons (Fsp3) is 0.364. The summed E-state index contributed by atoms with van der Waals surface area (Å²) in [6.45, 7) is 0.303. The molecule has 3 N–H and O–H groups in total. The number of carbonyl (C=O) groups is 3. The predicted molar refractivity (Wildman–Crippen MR) is 64.3 cm³/mol. The van der Waals surface area contributed by atoms with Gasteiger partial charge in [-0.25, -0.2) is 4.79 Å². The Balaban J connectivity index is 1.95. The SMILES string of the molecule is O=C1CCC(NCc2ccsc2C(=O)O)C(=O)N1. The van der Waals surface area contributed by atoms with Gasteiger partial charge in [0, 0.05) is 13.0 Å². The minimum atomic E-state index is -0.968. The summed E-state index contributed by atoms with van der Waals surface area (Å²) in [4.78, 5) is 33.6. The number of carbonyl (C=O) groups excluding carboxylic acids is 2. The Morgan fingerprint density at radius 3 is 3.00 bits per heavy atom. The molecule has 1 fully saturated rings. The van der Waals surface area contributed by atoms with E-state index in [1.54, 1.807) is 11.4 Å². The molecule has 0 saturated carbocycles. The van der Waals surface area contributed by atoms with Gasteiger partial charge in [-0.15, -0.1) is 11.3 Å². The van der Waals surface area contributed by atoms with Crippen molar-refractivity contribution in [1.29, 1.82) is 0 Å². The molecule has 96 valence electrons. The van der Waals surface area contributed by atoms with E-state index in [0.717, 1.165) is 11.3 Å². The van der Waals surface area contributed by atoms with Crippen LogP contribution in [0.15, 0.2) is 11.4 Å². The lowest BCUT2D eigenvalue weighted by Crippen LogP contribution is -2.50. The van der Waals surface area contributed by atoms with Gasteiger partial charge in [0.25, 0.3) is 0 Å². The third kappa shape index (κ3) is 2.74. The molecule has 0 bridgehead atoms. The maximum Gasteiger partial charge on any atom is 0.346 e. The molecule has 2 rings (SSSR count). The van der Waals surface area contributed by atoms with Crippen molar-refractivity contribution in [2.45, 2.75) is 25.4 Å². The Morgan fingerprint density at radius 1 is 1.56 bits per heavy atom. The summed E-state index contributed by atoms with van der Waals surface area (Å²) in [6.07, 6.45) is 0.746. The molecule has 1 aromatic rings. The monoisotopic (exact) mass is 268 g/mol. The van der Waals surface area contributed by atoms with Gasteiger partial charge in [0.15, 0.2) is 0 Å². The van der Waals surface area contributed by atoms with Crippen LogP contribution in [-0.2, 0) is 16.1 Å². The number of nitrogens with one attached hydrogen (secondary N) is 2. The predicted octanol–water partition coefficient (Wildman–Crippen LogP) is 0.341. The minimum absolute atomic E-state index is 0.264. The second-order valence-electron chi connectivity index (χ2n) is 3.96. The molecule has 1 unspecified atom stereocenters. The summed E-state index contributed by atoms with van der Waals surface area (Å²) in [5, 5.41) is 15.8. The molecule has 0 aliphatic carbocycles. The third-order valence-corrected chi connectivity index (χ3v) is 3.66. The van der Waals surface area contributed by atoms with Gasteiger partial charge in [-0.05, 0) is 23.4 Å². The highest BCUT2D eigenvalue weighted by Crippen LogP contribution is 2.17. The molecule has 1 aliphatic rings. The highest BCUT2D eigenvalue weighted by molar-refractivity contribution is 7.12. The van der Waals surface area contributed by atoms with Gasteiger partial charge in [-0.3, -0.25) is 14.9 Å². The van der Waals surface area contributed by atoms with E-state index in [2.05, 4.69) is 10.6 Å². The summed E-state index contributed by atoms with van der Waals surface area (Å²) in [7, 11) is 0. The number of hydrogen-bond acceptors (Lipinski definition) is 5. The van der Waals surface area contributed by atoms with Crippen LogP contribution in [-0.4, -0.2) is 28.9 Å². The molecule has 2 amide bonds. The van der Waals surface area contributed by atoms with Crippen LogP contribution < -0.4 is 10.6 Å². The number of hydrogen-bond donors (Lipinski definition) is 3. The highest BCUT2D eigenvalue weighted by atomic mass is 32.1. The number of imide groups is 1. The van der Waals surface area contributed by atoms with Crippen molar-refractivity contribution in [2.75, 3.05) is 0 Å². The fourth-order valence-electron chi connectivity index (χ4n) is 1.78. The zero-order valence-corrected chi connectivity index (χ0v) is 10.3. The molecule has 2 heterocycles. The maximum absolute atomic E-state index is 11.5. The van der Waals surface area contributed by atoms with Crippen molar-refractivity contribution in [3.63, 3.8) is 0 Å². The lowest BCUT2D eigenvalue weighted by atomic mass is 10.1. The standard InChI is InChI=1S/C11H12N2O4S/c14-8-2-1-7(10(15)13-8)12-5-6-3-4-18-9(6)11(16)17/h3-4,7,12H,1-2,5H2,(H,16,17)(H,13,14,15). The molecule has 1 aromatic heterocycles. The first-order valence-electron chi connectivity index (χ1n) is 5.44. The van der Waals surface area contributed by atoms with Crippen LogP contribution in [0.2, 0.25) is 0 Å². The smallest absolute Gasteiger partial charge is 0.346 e. The number of carboxylic acids is 1. The molecular weight excluding hydrogens is 256 g/mol. The van der Waals surface area contributed by atoms with Gasteiger partial charge in [0.05, 0.1) is 6.04 Å². The summed E-state index contributed by atoms with van der Waals surface area (Å²) in [6, 6.07) is 1.27. The normalized spacial score (nSPS) is 19.7. The molecule has 7 heteroatoms. The van der Waals surface area contributed by atoms with E-state index in [0.29, 0.717) is 24.9 Å². The molecule has 6 nitrogen and oxygen atoms in total. The van der Waals surface area contributed by atoms with Crippen LogP contribution in [0.4, 0.5) is 0 Å². The highest BCUT2D eigenvalue weighted by Gasteiger charge is 2.26. The second-order valence-corrected chi connectivity index (χ2v) is 4.88. The van der Waals surface area contributed by atoms with Crippen LogP contribution >= 0.6 is 11.3 Å². The van der Waals surface area contributed by atoms with Crippen molar-refractivity contribution in [2.24, 2.45) is 0 Å². The molecule has 1 saturated heterocycles. The molecule has 1 atom stereocenters. The van der Waals surface area contributed by atoms with Crippen LogP contribution in [0.5, 0.6) is 0 Å². The van der Waals surface area contributed by atoms with Gasteiger partial charge >= 0.3 is 5.97 Å². The summed E-state index contributed by atoms with van der Waals surface area (Å²) >= 11 is 1.15. The maximum atomic E-state index is 11.5. The van der Waals surface area contributed by atoms with E-state index in [9.17, 15) is 14.4 Å². The molecule has 0 spiro atoms. The summed E-state index contributed by atoms with van der Waals surface area (Å²) < 4.78 is 0. The molecular formula is C11H12N2O4S. The van der Waals surface area contributed by atoms with Crippen LogP contribution in [0.25, 0.3) is 0 Å². The number of thiophene rings is 1. The average Bonchev–Trinajstić information content (AvgIpc) is 2.76. The van der Waals surface area contributed by atoms with E-state index in [4.69, 9.17) is 5.11 Å². The van der Waals surface area contributed by atoms with Crippen molar-refractivity contribution >= 4 is 29.1 Å². The van der Waals surface area contributed by atoms with Gasteiger partial charge in [0.2, 0.25) is 11.8 Å². The van der Waals surface area contributed by atoms with Gasteiger partial charge in [-0.2, -0.15) is 0 Å². The molecule has 0 radical (unpaired) electrons. The first-order valence-corrected chi connectivity index (χ1v) is 6.32. The molecule has 0 aromatic carbocycles. The van der Waals surface area contributed by atoms with Crippen molar-refractivity contribution in [3.05, 3.63) is 21.9 Å². The van der Waals surface area contributed by atoms with Crippen molar-refractivity contribution in [3.8, 4) is 0 Å². The zero-order chi connectivity index (χ0) is 13.1. The van der Waals surface area contributed by atoms with Crippen molar-refractivity contribution < 1.29 is 19.5 Å². The van der Waals surface area contributed by atoms with Crippen molar-refractivity contribution in [1.82, 2.24) is 10.6 Å². The number of aromatic carboxylic acids is 1. The van der Waals surface area contributed by atoms with Crippen LogP contribution in [0.1, 0.15) is 28.1 Å².